The largest absolute Gasteiger partial charge is 0.573 e. The predicted octanol–water partition coefficient (Wildman–Crippen LogP) is 3.93. The van der Waals surface area contributed by atoms with Crippen molar-refractivity contribution in [3.8, 4) is 5.75 Å². The van der Waals surface area contributed by atoms with Crippen LogP contribution in [0.2, 0.25) is 0 Å². The molecule has 0 saturated heterocycles. The fourth-order valence-corrected chi connectivity index (χ4v) is 1.91. The van der Waals surface area contributed by atoms with E-state index in [2.05, 4.69) is 31.0 Å². The van der Waals surface area contributed by atoms with Crippen LogP contribution in [-0.4, -0.2) is 17.3 Å². The molecule has 0 saturated carbocycles. The molecule has 8 heteroatoms. The molecule has 0 unspecified atom stereocenters. The lowest BCUT2D eigenvalue weighted by atomic mass is 10.3. The van der Waals surface area contributed by atoms with Gasteiger partial charge in [0.05, 0.1) is 5.69 Å². The average Bonchev–Trinajstić information content (AvgIpc) is 2.84. The molecule has 0 aliphatic heterocycles. The zero-order chi connectivity index (χ0) is 14.8. The molecule has 0 bridgehead atoms. The number of alkyl halides is 3. The van der Waals surface area contributed by atoms with E-state index in [0.29, 0.717) is 11.4 Å². The van der Waals surface area contributed by atoms with E-state index in [-0.39, 0.29) is 10.2 Å². The van der Waals surface area contributed by atoms with Gasteiger partial charge < -0.3 is 15.0 Å². The number of aromatic amines is 1. The fourth-order valence-electron chi connectivity index (χ4n) is 1.46. The highest BCUT2D eigenvalue weighted by Crippen LogP contribution is 2.30. The Bertz CT molecular complexity index is 612. The highest BCUT2D eigenvalue weighted by atomic mass is 79.9. The van der Waals surface area contributed by atoms with Crippen LogP contribution in [0.1, 0.15) is 10.5 Å². The summed E-state index contributed by atoms with van der Waals surface area (Å²) in [5, 5.41) is 2.55. The summed E-state index contributed by atoms with van der Waals surface area (Å²) < 4.78 is 40.2. The molecule has 0 aliphatic carbocycles. The molecular formula is C12H8BrF3N2O2. The summed E-state index contributed by atoms with van der Waals surface area (Å²) in [5.41, 5.74) is 0.673. The van der Waals surface area contributed by atoms with E-state index in [1.807, 2.05) is 0 Å². The monoisotopic (exact) mass is 348 g/mol. The van der Waals surface area contributed by atoms with Crippen molar-refractivity contribution in [2.45, 2.75) is 6.36 Å². The van der Waals surface area contributed by atoms with Crippen molar-refractivity contribution in [2.24, 2.45) is 0 Å². The van der Waals surface area contributed by atoms with Crippen LogP contribution in [0, 0.1) is 0 Å². The highest BCUT2D eigenvalue weighted by Gasteiger charge is 2.31. The third-order valence-corrected chi connectivity index (χ3v) is 2.92. The van der Waals surface area contributed by atoms with Crippen LogP contribution in [0.5, 0.6) is 5.75 Å². The number of carbonyl (C=O) groups is 1. The molecule has 0 fully saturated rings. The van der Waals surface area contributed by atoms with Crippen molar-refractivity contribution in [2.75, 3.05) is 5.32 Å². The van der Waals surface area contributed by atoms with Crippen LogP contribution >= 0.6 is 15.9 Å². The minimum absolute atomic E-state index is 0.277. The number of hydrogen-bond donors (Lipinski definition) is 2. The molecule has 1 aromatic carbocycles. The molecule has 1 amide bonds. The number of benzene rings is 1. The van der Waals surface area contributed by atoms with Crippen LogP contribution in [0.15, 0.2) is 41.0 Å². The quantitative estimate of drug-likeness (QED) is 0.882. The Morgan fingerprint density at radius 1 is 1.30 bits per heavy atom. The number of hydrogen-bond acceptors (Lipinski definition) is 2. The Morgan fingerprint density at radius 3 is 2.60 bits per heavy atom. The number of aromatic nitrogens is 1. The number of halogens is 4. The second-order valence-electron chi connectivity index (χ2n) is 3.73. The van der Waals surface area contributed by atoms with Crippen LogP contribution in [-0.2, 0) is 0 Å². The Hall–Kier alpha value is -1.96. The van der Waals surface area contributed by atoms with E-state index in [0.717, 1.165) is 12.1 Å². The molecule has 1 heterocycles. The van der Waals surface area contributed by atoms with Crippen molar-refractivity contribution in [3.63, 3.8) is 0 Å². The summed E-state index contributed by atoms with van der Waals surface area (Å²) in [4.78, 5) is 14.5. The molecule has 2 N–H and O–H groups in total. The first kappa shape index (κ1) is 14.4. The van der Waals surface area contributed by atoms with E-state index in [1.54, 1.807) is 18.3 Å². The summed E-state index contributed by atoms with van der Waals surface area (Å²) in [6.07, 6.45) is -3.17. The lowest BCUT2D eigenvalue weighted by Crippen LogP contribution is -2.17. The Labute approximate surface area is 120 Å². The van der Waals surface area contributed by atoms with Crippen LogP contribution < -0.4 is 10.1 Å². The topological polar surface area (TPSA) is 54.1 Å². The number of rotatable bonds is 3. The van der Waals surface area contributed by atoms with Crippen molar-refractivity contribution < 1.29 is 22.7 Å². The standard InChI is InChI=1S/C12H8BrF3N2O2/c13-8-6-7(20-12(14,15)16)3-4-9(8)18-11(19)10-2-1-5-17-10/h1-6,17H,(H,18,19). The maximum atomic E-state index is 12.1. The smallest absolute Gasteiger partial charge is 0.406 e. The average molecular weight is 349 g/mol. The molecule has 2 rings (SSSR count). The van der Waals surface area contributed by atoms with Crippen LogP contribution in [0.3, 0.4) is 0 Å². The van der Waals surface area contributed by atoms with Gasteiger partial charge in [0.2, 0.25) is 0 Å². The number of amides is 1. The van der Waals surface area contributed by atoms with Gasteiger partial charge in [0.15, 0.2) is 0 Å². The van der Waals surface area contributed by atoms with Crippen LogP contribution in [0.4, 0.5) is 18.9 Å². The van der Waals surface area contributed by atoms with Crippen molar-refractivity contribution in [3.05, 3.63) is 46.7 Å². The summed E-state index contributed by atoms with van der Waals surface area (Å²) >= 11 is 3.07. The predicted molar refractivity (Wildman–Crippen MR) is 69.6 cm³/mol. The van der Waals surface area contributed by atoms with Gasteiger partial charge in [-0.25, -0.2) is 0 Å². The summed E-state index contributed by atoms with van der Waals surface area (Å²) in [6, 6.07) is 6.78. The number of carbonyl (C=O) groups excluding carboxylic acids is 1. The van der Waals surface area contributed by atoms with E-state index < -0.39 is 12.3 Å². The van der Waals surface area contributed by atoms with Gasteiger partial charge in [-0.2, -0.15) is 0 Å². The molecule has 1 aromatic heterocycles. The molecular weight excluding hydrogens is 341 g/mol. The lowest BCUT2D eigenvalue weighted by Gasteiger charge is -2.11. The zero-order valence-electron chi connectivity index (χ0n) is 9.79. The molecule has 0 atom stereocenters. The number of nitrogens with one attached hydrogen (secondary N) is 2. The molecule has 20 heavy (non-hydrogen) atoms. The van der Waals surface area contributed by atoms with Gasteiger partial charge in [0, 0.05) is 10.7 Å². The normalized spacial score (nSPS) is 11.2. The third-order valence-electron chi connectivity index (χ3n) is 2.26. The van der Waals surface area contributed by atoms with Crippen molar-refractivity contribution >= 4 is 27.5 Å². The fraction of sp³-hybridized carbons (Fsp3) is 0.0833. The van der Waals surface area contributed by atoms with Gasteiger partial charge in [-0.1, -0.05) is 0 Å². The van der Waals surface area contributed by atoms with E-state index in [4.69, 9.17) is 0 Å². The summed E-state index contributed by atoms with van der Waals surface area (Å²) in [6.45, 7) is 0. The van der Waals surface area contributed by atoms with Gasteiger partial charge in [-0.3, -0.25) is 4.79 Å². The minimum Gasteiger partial charge on any atom is -0.406 e. The molecule has 0 spiro atoms. The molecule has 2 aromatic rings. The Kier molecular flexibility index (Phi) is 4.03. The SMILES string of the molecule is O=C(Nc1ccc(OC(F)(F)F)cc1Br)c1ccc[nH]1. The second-order valence-corrected chi connectivity index (χ2v) is 4.58. The first-order valence-electron chi connectivity index (χ1n) is 5.35. The van der Waals surface area contributed by atoms with Gasteiger partial charge in [-0.05, 0) is 46.3 Å². The third kappa shape index (κ3) is 3.77. The zero-order valence-corrected chi connectivity index (χ0v) is 11.4. The maximum absolute atomic E-state index is 12.1. The first-order valence-corrected chi connectivity index (χ1v) is 6.14. The number of H-pyrrole nitrogens is 1. The first-order chi connectivity index (χ1) is 9.35. The van der Waals surface area contributed by atoms with Gasteiger partial charge >= 0.3 is 6.36 Å². The minimum atomic E-state index is -4.76. The summed E-state index contributed by atoms with van der Waals surface area (Å²) in [5.74, 6) is -0.776. The van der Waals surface area contributed by atoms with Gasteiger partial charge in [0.25, 0.3) is 5.91 Å². The van der Waals surface area contributed by atoms with E-state index in [9.17, 15) is 18.0 Å². The van der Waals surface area contributed by atoms with E-state index >= 15 is 0 Å². The highest BCUT2D eigenvalue weighted by molar-refractivity contribution is 9.10. The van der Waals surface area contributed by atoms with Crippen molar-refractivity contribution in [1.29, 1.82) is 0 Å². The van der Waals surface area contributed by atoms with Crippen molar-refractivity contribution in [1.82, 2.24) is 4.98 Å². The van der Waals surface area contributed by atoms with E-state index in [1.165, 1.54) is 6.07 Å². The number of anilines is 1. The maximum Gasteiger partial charge on any atom is 0.573 e. The lowest BCUT2D eigenvalue weighted by molar-refractivity contribution is -0.274. The van der Waals surface area contributed by atoms with Gasteiger partial charge in [-0.15, -0.1) is 13.2 Å². The molecule has 0 radical (unpaired) electrons. The molecule has 106 valence electrons. The Morgan fingerprint density at radius 2 is 2.05 bits per heavy atom. The molecule has 4 nitrogen and oxygen atoms in total. The van der Waals surface area contributed by atoms with Crippen LogP contribution in [0.25, 0.3) is 0 Å². The number of ether oxygens (including phenoxy) is 1. The second kappa shape index (κ2) is 5.58. The van der Waals surface area contributed by atoms with Gasteiger partial charge in [0.1, 0.15) is 11.4 Å². The molecule has 0 aliphatic rings. The Balaban J connectivity index is 2.12. The summed E-state index contributed by atoms with van der Waals surface area (Å²) in [7, 11) is 0.